The summed E-state index contributed by atoms with van der Waals surface area (Å²) in [6.07, 6.45) is -5.21. The van der Waals surface area contributed by atoms with E-state index in [-0.39, 0.29) is 50.8 Å². The summed E-state index contributed by atoms with van der Waals surface area (Å²) < 4.78 is 79.9. The van der Waals surface area contributed by atoms with Gasteiger partial charge in [0.05, 0.1) is 13.2 Å². The maximum Gasteiger partial charge on any atom is 0.697 e. The average Bonchev–Trinajstić information content (AvgIpc) is 1.76. The van der Waals surface area contributed by atoms with Gasteiger partial charge in [-0.05, 0) is 106 Å². The fourth-order valence-corrected chi connectivity index (χ4v) is 20.5. The van der Waals surface area contributed by atoms with Crippen molar-refractivity contribution in [2.45, 2.75) is 237 Å². The number of carbonyl (C=O) groups excluding carboxylic acids is 1. The van der Waals surface area contributed by atoms with Crippen LogP contribution in [0.5, 0.6) is 0 Å². The molecule has 2 N–H and O–H groups in total. The second kappa shape index (κ2) is 27.7. The lowest BCUT2D eigenvalue weighted by Crippen LogP contribution is -2.66. The molecule has 25 heteroatoms. The van der Waals surface area contributed by atoms with E-state index >= 15 is 0 Å². The van der Waals surface area contributed by atoms with Gasteiger partial charge in [-0.3, -0.25) is 23.7 Å². The Kier molecular flexibility index (Phi) is 22.5. The number of H-pyrrole nitrogens is 1. The number of benzene rings is 3. The molecule has 7 rings (SSSR count). The fraction of sp³-hybridized carbons (Fsp3) is 0.591. The summed E-state index contributed by atoms with van der Waals surface area (Å²) in [6, 6.07) is 30.7. The molecule has 91 heavy (non-hydrogen) atoms. The third kappa shape index (κ3) is 16.6. The molecule has 3 aromatic carbocycles. The number of aromatic nitrogens is 4. The van der Waals surface area contributed by atoms with Crippen LogP contribution >= 0.6 is 8.25 Å². The molecular weight excluding hydrogens is 1260 g/mol. The Hall–Kier alpha value is -4.49. The number of amides is 1. The van der Waals surface area contributed by atoms with Gasteiger partial charge in [-0.25, -0.2) is 9.59 Å². The van der Waals surface area contributed by atoms with Crippen LogP contribution in [0.25, 0.3) is 0 Å². The number of nitrogens with one attached hydrogen (secondary N) is 2. The zero-order valence-electron chi connectivity index (χ0n) is 58.1. The van der Waals surface area contributed by atoms with Gasteiger partial charge in [0.25, 0.3) is 19.8 Å². The summed E-state index contributed by atoms with van der Waals surface area (Å²) in [7, 11) is -16.7. The highest BCUT2D eigenvalue weighted by molar-refractivity contribution is 7.33. The molecule has 4 heterocycles. The highest BCUT2D eigenvalue weighted by atomic mass is 31.1. The number of ether oxygens (including phenoxy) is 2. The summed E-state index contributed by atoms with van der Waals surface area (Å²) >= 11 is 0. The minimum absolute atomic E-state index is 0.00509. The lowest BCUT2D eigenvalue weighted by Gasteiger charge is -2.44. The predicted molar refractivity (Wildman–Crippen MR) is 372 cm³/mol. The number of nitrogens with zero attached hydrogens (tertiary/aromatic N) is 3. The van der Waals surface area contributed by atoms with Crippen molar-refractivity contribution >= 4 is 71.9 Å². The van der Waals surface area contributed by atoms with Gasteiger partial charge in [-0.1, -0.05) is 183 Å². The quantitative estimate of drug-likeness (QED) is 0.0459. The second-order valence-electron chi connectivity index (χ2n) is 31.4. The molecule has 1 unspecified atom stereocenters. The van der Waals surface area contributed by atoms with Crippen molar-refractivity contribution in [3.63, 3.8) is 0 Å². The van der Waals surface area contributed by atoms with Crippen molar-refractivity contribution in [3.8, 4) is 0 Å². The van der Waals surface area contributed by atoms with E-state index in [1.807, 2.05) is 48.5 Å². The summed E-state index contributed by atoms with van der Waals surface area (Å²) in [5, 5.41) is 3.68. The van der Waals surface area contributed by atoms with Crippen molar-refractivity contribution in [1.82, 2.24) is 19.1 Å². The Balaban J connectivity index is 1.22. The van der Waals surface area contributed by atoms with Crippen molar-refractivity contribution in [3.05, 3.63) is 152 Å². The van der Waals surface area contributed by atoms with Crippen LogP contribution < -0.4 is 32.6 Å². The Morgan fingerprint density at radius 3 is 1.48 bits per heavy atom. The largest absolute Gasteiger partial charge is 0.697 e. The first-order valence-electron chi connectivity index (χ1n) is 31.6. The van der Waals surface area contributed by atoms with Crippen LogP contribution in [0.1, 0.15) is 132 Å². The van der Waals surface area contributed by atoms with Gasteiger partial charge in [-0.15, -0.1) is 9.05 Å². The van der Waals surface area contributed by atoms with Crippen LogP contribution in [-0.2, 0) is 51.8 Å². The van der Waals surface area contributed by atoms with Gasteiger partial charge >= 0.3 is 19.6 Å². The lowest BCUT2D eigenvalue weighted by atomic mass is 10.1. The highest BCUT2D eigenvalue weighted by Gasteiger charge is 2.59. The standard InChI is InChI=1S/C66H102N5O14PSi5/c1-62(2,3)87(16,17)78-44-50-53(82-86(76)77-43-49-54(83-88(18,19)63(4,5)6)56(85-90(22,23)65(10,11)12)59(80-49)71-41-39-52(72)69-61(71)75)55(84-89(20,21)64(7,8)9)58(81-50)70-40-38-51(68-60(70)74)67-57(73)48-37-31-30-32-45(48)42-79-91(66(13,14)15,46-33-26-24-27-34-46)47-35-28-25-29-36-47/h24-41,49-50,53-56,58-59H,42-44H2,1-23H3,(H-,67,68,69,72,73,74,75)/p+1/t49-,50-,53-,54-,55-,56-,58-,59-/m1/s1. The van der Waals surface area contributed by atoms with Crippen LogP contribution in [0.15, 0.2) is 124 Å². The van der Waals surface area contributed by atoms with E-state index in [9.17, 15) is 23.7 Å². The first-order valence-corrected chi connectivity index (χ1v) is 46.3. The predicted octanol–water partition coefficient (Wildman–Crippen LogP) is 13.2. The SMILES string of the molecule is CC(C)(C)[Si](C)(C)OC[C@H]1O[C@@H](n2ccc(NC(=O)c3ccccc3CO[Si](c3ccccc3)(c3ccccc3)C(C)(C)C)nc2=O)[C@H](O[Si](C)(C)C(C)(C)C)[C@@H]1O[P+](=O)OC[C@H]1O[C@@H](n2ccc(=O)[nH]c2=O)[C@H](O[Si](C)(C)C(C)(C)C)[C@@H]1O[Si](C)(C)C(C)(C)C. The number of rotatable bonds is 23. The van der Waals surface area contributed by atoms with Crippen molar-refractivity contribution in [2.75, 3.05) is 18.5 Å². The molecular formula is C66H103N5O14PSi5+. The lowest BCUT2D eigenvalue weighted by molar-refractivity contribution is -0.0541. The molecule has 0 spiro atoms. The molecule has 2 fully saturated rings. The van der Waals surface area contributed by atoms with E-state index in [1.54, 1.807) is 12.1 Å². The van der Waals surface area contributed by atoms with Gasteiger partial charge in [0.2, 0.25) is 0 Å². The van der Waals surface area contributed by atoms with Gasteiger partial charge < -0.3 is 36.9 Å². The number of carbonyl (C=O) groups is 1. The molecule has 0 radical (unpaired) electrons. The summed E-state index contributed by atoms with van der Waals surface area (Å²) in [6.45, 7) is 48.6. The van der Waals surface area contributed by atoms with E-state index in [4.69, 9.17) is 40.7 Å². The smallest absolute Gasteiger partial charge is 0.414 e. The van der Waals surface area contributed by atoms with E-state index < -0.39 is 122 Å². The zero-order valence-corrected chi connectivity index (χ0v) is 64.0. The van der Waals surface area contributed by atoms with E-state index in [1.165, 1.54) is 33.7 Å². The summed E-state index contributed by atoms with van der Waals surface area (Å²) in [5.41, 5.74) is -0.998. The molecule has 1 amide bonds. The molecule has 2 aliphatic heterocycles. The fourth-order valence-electron chi connectivity index (χ4n) is 10.3. The normalized spacial score (nSPS) is 21.9. The Bertz CT molecular complexity index is 3480. The molecule has 9 atom stereocenters. The molecule has 2 aromatic heterocycles. The minimum Gasteiger partial charge on any atom is -0.414 e. The molecule has 0 saturated carbocycles. The van der Waals surface area contributed by atoms with Crippen LogP contribution in [0.4, 0.5) is 5.82 Å². The molecule has 2 aliphatic rings. The Morgan fingerprint density at radius 1 is 0.549 bits per heavy atom. The van der Waals surface area contributed by atoms with Crippen molar-refractivity contribution in [2.24, 2.45) is 0 Å². The number of anilines is 1. The summed E-state index contributed by atoms with van der Waals surface area (Å²) in [5.74, 6) is -0.478. The Morgan fingerprint density at radius 2 is 1.00 bits per heavy atom. The highest BCUT2D eigenvalue weighted by Crippen LogP contribution is 2.49. The molecule has 500 valence electrons. The van der Waals surface area contributed by atoms with E-state index in [2.05, 4.69) is 196 Å². The van der Waals surface area contributed by atoms with Crippen LogP contribution in [-0.4, -0.2) is 116 Å². The van der Waals surface area contributed by atoms with Crippen molar-refractivity contribution < 1.29 is 50.0 Å². The maximum absolute atomic E-state index is 14.9. The first-order chi connectivity index (χ1) is 41.8. The first kappa shape index (κ1) is 73.9. The van der Waals surface area contributed by atoms with Gasteiger partial charge in [0.1, 0.15) is 42.9 Å². The molecule has 0 aliphatic carbocycles. The number of hydrogen-bond acceptors (Lipinski definition) is 15. The van der Waals surface area contributed by atoms with Gasteiger partial charge in [0.15, 0.2) is 51.8 Å². The van der Waals surface area contributed by atoms with Crippen LogP contribution in [0, 0.1) is 0 Å². The van der Waals surface area contributed by atoms with Crippen molar-refractivity contribution in [1.29, 1.82) is 0 Å². The zero-order chi connectivity index (χ0) is 67.9. The molecule has 0 bridgehead atoms. The minimum atomic E-state index is -3.05. The van der Waals surface area contributed by atoms with E-state index in [0.29, 0.717) is 11.1 Å². The number of aromatic amines is 1. The monoisotopic (exact) mass is 1360 g/mol. The topological polar surface area (TPSA) is 219 Å². The third-order valence-electron chi connectivity index (χ3n) is 19.8. The number of hydrogen-bond donors (Lipinski definition) is 2. The van der Waals surface area contributed by atoms with Gasteiger partial charge in [-0.2, -0.15) is 4.98 Å². The second-order valence-corrected chi connectivity index (χ2v) is 55.7. The molecule has 2 saturated heterocycles. The van der Waals surface area contributed by atoms with Crippen LogP contribution in [0.2, 0.25) is 77.6 Å². The maximum atomic E-state index is 14.9. The molecule has 19 nitrogen and oxygen atoms in total. The molecule has 5 aromatic rings. The van der Waals surface area contributed by atoms with Gasteiger partial charge in [0, 0.05) is 28.6 Å². The van der Waals surface area contributed by atoms with Crippen LogP contribution in [0.3, 0.4) is 0 Å². The third-order valence-corrected chi connectivity index (χ3v) is 43.5. The Labute approximate surface area is 545 Å². The summed E-state index contributed by atoms with van der Waals surface area (Å²) in [4.78, 5) is 62.0. The van der Waals surface area contributed by atoms with E-state index in [0.717, 1.165) is 10.4 Å². The average molecular weight is 1360 g/mol.